The van der Waals surface area contributed by atoms with E-state index in [0.717, 1.165) is 11.3 Å². The molecule has 0 N–H and O–H groups in total. The van der Waals surface area contributed by atoms with Gasteiger partial charge in [-0.3, -0.25) is 4.79 Å². The van der Waals surface area contributed by atoms with Crippen molar-refractivity contribution in [3.05, 3.63) is 60.2 Å². The number of ether oxygens (including phenoxy) is 2. The molecule has 0 fully saturated rings. The van der Waals surface area contributed by atoms with Gasteiger partial charge in [0.15, 0.2) is 0 Å². The SMILES string of the molecule is COC(=O)Cc1ccccc1Oc1ccccc1. The lowest BCUT2D eigenvalue weighted by Gasteiger charge is -2.10. The smallest absolute Gasteiger partial charge is 0.310 e. The topological polar surface area (TPSA) is 35.5 Å². The molecule has 18 heavy (non-hydrogen) atoms. The van der Waals surface area contributed by atoms with Gasteiger partial charge in [0.25, 0.3) is 0 Å². The summed E-state index contributed by atoms with van der Waals surface area (Å²) in [6, 6.07) is 16.9. The minimum Gasteiger partial charge on any atom is -0.469 e. The average Bonchev–Trinajstić information content (AvgIpc) is 2.42. The van der Waals surface area contributed by atoms with Crippen LogP contribution in [0.3, 0.4) is 0 Å². The Morgan fingerprint density at radius 3 is 2.39 bits per heavy atom. The molecule has 0 radical (unpaired) electrons. The maximum atomic E-state index is 11.3. The van der Waals surface area contributed by atoms with Crippen LogP contribution in [-0.2, 0) is 16.0 Å². The second kappa shape index (κ2) is 5.87. The molecule has 0 aliphatic heterocycles. The molecule has 3 heteroatoms. The van der Waals surface area contributed by atoms with Crippen molar-refractivity contribution in [2.75, 3.05) is 7.11 Å². The highest BCUT2D eigenvalue weighted by molar-refractivity contribution is 5.73. The maximum Gasteiger partial charge on any atom is 0.310 e. The van der Waals surface area contributed by atoms with Crippen molar-refractivity contribution in [1.29, 1.82) is 0 Å². The molecule has 0 amide bonds. The Morgan fingerprint density at radius 1 is 1.00 bits per heavy atom. The maximum absolute atomic E-state index is 11.3. The molecule has 0 atom stereocenters. The number of para-hydroxylation sites is 2. The molecule has 0 aromatic heterocycles. The van der Waals surface area contributed by atoms with E-state index < -0.39 is 0 Å². The van der Waals surface area contributed by atoms with Crippen LogP contribution in [0.25, 0.3) is 0 Å². The highest BCUT2D eigenvalue weighted by Gasteiger charge is 2.09. The first-order valence-corrected chi connectivity index (χ1v) is 5.67. The summed E-state index contributed by atoms with van der Waals surface area (Å²) in [5.41, 5.74) is 0.813. The zero-order valence-electron chi connectivity index (χ0n) is 10.1. The fourth-order valence-corrected chi connectivity index (χ4v) is 1.59. The van der Waals surface area contributed by atoms with Crippen LogP contribution in [0.1, 0.15) is 5.56 Å². The van der Waals surface area contributed by atoms with Gasteiger partial charge in [-0.05, 0) is 18.2 Å². The van der Waals surface area contributed by atoms with E-state index >= 15 is 0 Å². The molecule has 0 heterocycles. The molecule has 3 nitrogen and oxygen atoms in total. The van der Waals surface area contributed by atoms with Gasteiger partial charge in [-0.1, -0.05) is 36.4 Å². The van der Waals surface area contributed by atoms with Gasteiger partial charge in [-0.15, -0.1) is 0 Å². The standard InChI is InChI=1S/C15H14O3/c1-17-15(16)11-12-7-5-6-10-14(12)18-13-8-3-2-4-9-13/h2-10H,11H2,1H3. The Hall–Kier alpha value is -2.29. The van der Waals surface area contributed by atoms with Gasteiger partial charge in [-0.2, -0.15) is 0 Å². The van der Waals surface area contributed by atoms with Crippen molar-refractivity contribution in [2.24, 2.45) is 0 Å². The summed E-state index contributed by atoms with van der Waals surface area (Å²) in [5, 5.41) is 0. The molecule has 0 saturated heterocycles. The van der Waals surface area contributed by atoms with Crippen molar-refractivity contribution in [3.8, 4) is 11.5 Å². The Kier molecular flexibility index (Phi) is 3.97. The predicted octanol–water partition coefficient (Wildman–Crippen LogP) is 3.19. The van der Waals surface area contributed by atoms with Crippen molar-refractivity contribution in [2.45, 2.75) is 6.42 Å². The summed E-state index contributed by atoms with van der Waals surface area (Å²) in [4.78, 5) is 11.3. The summed E-state index contributed by atoms with van der Waals surface area (Å²) >= 11 is 0. The van der Waals surface area contributed by atoms with Crippen LogP contribution < -0.4 is 4.74 Å². The molecule has 92 valence electrons. The van der Waals surface area contributed by atoms with Crippen LogP contribution in [0.2, 0.25) is 0 Å². The monoisotopic (exact) mass is 242 g/mol. The van der Waals surface area contributed by atoms with Gasteiger partial charge in [0.05, 0.1) is 13.5 Å². The second-order valence-corrected chi connectivity index (χ2v) is 3.78. The van der Waals surface area contributed by atoms with Crippen LogP contribution in [0.5, 0.6) is 11.5 Å². The lowest BCUT2D eigenvalue weighted by atomic mass is 10.1. The van der Waals surface area contributed by atoms with Crippen molar-refractivity contribution in [1.82, 2.24) is 0 Å². The lowest BCUT2D eigenvalue weighted by Crippen LogP contribution is -2.05. The fourth-order valence-electron chi connectivity index (χ4n) is 1.59. The molecule has 0 aliphatic rings. The van der Waals surface area contributed by atoms with Crippen molar-refractivity contribution < 1.29 is 14.3 Å². The molecule has 2 rings (SSSR count). The Labute approximate surface area is 106 Å². The normalized spacial score (nSPS) is 9.83. The number of esters is 1. The first-order valence-electron chi connectivity index (χ1n) is 5.67. The summed E-state index contributed by atoms with van der Waals surface area (Å²) in [7, 11) is 1.38. The van der Waals surface area contributed by atoms with E-state index in [0.29, 0.717) is 5.75 Å². The molecule has 0 aliphatic carbocycles. The second-order valence-electron chi connectivity index (χ2n) is 3.78. The van der Waals surface area contributed by atoms with Crippen LogP contribution >= 0.6 is 0 Å². The highest BCUT2D eigenvalue weighted by atomic mass is 16.5. The van der Waals surface area contributed by atoms with Crippen molar-refractivity contribution in [3.63, 3.8) is 0 Å². The minimum atomic E-state index is -0.279. The van der Waals surface area contributed by atoms with Gasteiger partial charge >= 0.3 is 5.97 Å². The van der Waals surface area contributed by atoms with Gasteiger partial charge in [0, 0.05) is 5.56 Å². The zero-order chi connectivity index (χ0) is 12.8. The average molecular weight is 242 g/mol. The quantitative estimate of drug-likeness (QED) is 0.772. The number of hydrogen-bond donors (Lipinski definition) is 0. The van der Waals surface area contributed by atoms with Gasteiger partial charge in [0.2, 0.25) is 0 Å². The van der Waals surface area contributed by atoms with Crippen molar-refractivity contribution >= 4 is 5.97 Å². The third kappa shape index (κ3) is 3.10. The highest BCUT2D eigenvalue weighted by Crippen LogP contribution is 2.25. The molecule has 2 aromatic carbocycles. The molecular formula is C15H14O3. The Bertz CT molecular complexity index is 520. The van der Waals surface area contributed by atoms with E-state index in [1.165, 1.54) is 7.11 Å². The summed E-state index contributed by atoms with van der Waals surface area (Å²) in [6.45, 7) is 0. The van der Waals surface area contributed by atoms with E-state index in [2.05, 4.69) is 4.74 Å². The Morgan fingerprint density at radius 2 is 1.67 bits per heavy atom. The number of carbonyl (C=O) groups is 1. The number of hydrogen-bond acceptors (Lipinski definition) is 3. The van der Waals surface area contributed by atoms with E-state index in [1.807, 2.05) is 54.6 Å². The number of methoxy groups -OCH3 is 1. The zero-order valence-corrected chi connectivity index (χ0v) is 10.1. The van der Waals surface area contributed by atoms with Crippen LogP contribution in [0.4, 0.5) is 0 Å². The minimum absolute atomic E-state index is 0.208. The van der Waals surface area contributed by atoms with E-state index in [9.17, 15) is 4.79 Å². The van der Waals surface area contributed by atoms with Gasteiger partial charge in [0.1, 0.15) is 11.5 Å². The third-order valence-corrected chi connectivity index (χ3v) is 2.51. The van der Waals surface area contributed by atoms with Gasteiger partial charge < -0.3 is 9.47 Å². The van der Waals surface area contributed by atoms with Crippen LogP contribution in [-0.4, -0.2) is 13.1 Å². The van der Waals surface area contributed by atoms with E-state index in [1.54, 1.807) is 0 Å². The predicted molar refractivity (Wildman–Crippen MR) is 68.7 cm³/mol. The summed E-state index contributed by atoms with van der Waals surface area (Å²) in [6.07, 6.45) is 0.208. The molecule has 0 saturated carbocycles. The molecular weight excluding hydrogens is 228 g/mol. The first-order chi connectivity index (χ1) is 8.79. The fraction of sp³-hybridized carbons (Fsp3) is 0.133. The summed E-state index contributed by atoms with van der Waals surface area (Å²) < 4.78 is 10.4. The summed E-state index contributed by atoms with van der Waals surface area (Å²) in [5.74, 6) is 1.14. The third-order valence-electron chi connectivity index (χ3n) is 2.51. The molecule has 0 spiro atoms. The number of carbonyl (C=O) groups excluding carboxylic acids is 1. The first kappa shape index (κ1) is 12.2. The number of benzene rings is 2. The van der Waals surface area contributed by atoms with E-state index in [4.69, 9.17) is 4.74 Å². The molecule has 2 aromatic rings. The molecule has 0 unspecified atom stereocenters. The molecule has 0 bridgehead atoms. The van der Waals surface area contributed by atoms with Gasteiger partial charge in [-0.25, -0.2) is 0 Å². The number of rotatable bonds is 4. The lowest BCUT2D eigenvalue weighted by molar-refractivity contribution is -0.139. The van der Waals surface area contributed by atoms with Crippen LogP contribution in [0.15, 0.2) is 54.6 Å². The largest absolute Gasteiger partial charge is 0.469 e. The Balaban J connectivity index is 2.20. The van der Waals surface area contributed by atoms with E-state index in [-0.39, 0.29) is 12.4 Å². The van der Waals surface area contributed by atoms with Crippen LogP contribution in [0, 0.1) is 0 Å².